The monoisotopic (exact) mass is 252 g/mol. The molecule has 17 heavy (non-hydrogen) atoms. The lowest BCUT2D eigenvalue weighted by Gasteiger charge is -2.29. The molecule has 90 valence electrons. The third kappa shape index (κ3) is 3.18. The highest BCUT2D eigenvalue weighted by Gasteiger charge is 2.20. The summed E-state index contributed by atoms with van der Waals surface area (Å²) in [5.41, 5.74) is 0.797. The lowest BCUT2D eigenvalue weighted by atomic mass is 9.99. The van der Waals surface area contributed by atoms with E-state index < -0.39 is 0 Å². The van der Waals surface area contributed by atoms with Crippen LogP contribution in [0.1, 0.15) is 18.4 Å². The molecule has 0 aromatic heterocycles. The normalized spacial score (nSPS) is 21.1. The smallest absolute Gasteiger partial charge is 0.123 e. The predicted molar refractivity (Wildman–Crippen MR) is 65.0 cm³/mol. The quantitative estimate of drug-likeness (QED) is 0.808. The summed E-state index contributed by atoms with van der Waals surface area (Å²) >= 11 is 6.03. The summed E-state index contributed by atoms with van der Waals surface area (Å²) in [7, 11) is 0. The van der Waals surface area contributed by atoms with E-state index in [2.05, 4.69) is 11.0 Å². The van der Waals surface area contributed by atoms with Gasteiger partial charge in [-0.2, -0.15) is 5.26 Å². The van der Waals surface area contributed by atoms with Gasteiger partial charge in [-0.1, -0.05) is 11.6 Å². The van der Waals surface area contributed by atoms with Crippen LogP contribution in [0.2, 0.25) is 5.02 Å². The summed E-state index contributed by atoms with van der Waals surface area (Å²) in [6, 6.07) is 6.71. The Bertz CT molecular complexity index is 442. The van der Waals surface area contributed by atoms with E-state index >= 15 is 0 Å². The van der Waals surface area contributed by atoms with Crippen molar-refractivity contribution in [1.82, 2.24) is 4.90 Å². The van der Waals surface area contributed by atoms with Crippen LogP contribution in [-0.2, 0) is 6.54 Å². The first kappa shape index (κ1) is 12.3. The number of hydrogen-bond acceptors (Lipinski definition) is 2. The first-order valence-electron chi connectivity index (χ1n) is 5.75. The Morgan fingerprint density at radius 1 is 1.53 bits per heavy atom. The SMILES string of the molecule is N#CC1CCCN(Cc2cc(F)ccc2Cl)C1. The molecule has 1 aliphatic heterocycles. The summed E-state index contributed by atoms with van der Waals surface area (Å²) in [4.78, 5) is 2.16. The lowest BCUT2D eigenvalue weighted by Crippen LogP contribution is -2.34. The maximum absolute atomic E-state index is 13.1. The van der Waals surface area contributed by atoms with Gasteiger partial charge < -0.3 is 0 Å². The number of benzene rings is 1. The number of hydrogen-bond donors (Lipinski definition) is 0. The van der Waals surface area contributed by atoms with Crippen molar-refractivity contribution in [2.45, 2.75) is 19.4 Å². The minimum atomic E-state index is -0.266. The molecule has 1 aromatic carbocycles. The van der Waals surface area contributed by atoms with Gasteiger partial charge in [0, 0.05) is 18.1 Å². The second-order valence-corrected chi connectivity index (χ2v) is 4.85. The van der Waals surface area contributed by atoms with Crippen LogP contribution < -0.4 is 0 Å². The molecule has 0 N–H and O–H groups in total. The molecule has 0 aliphatic carbocycles. The minimum Gasteiger partial charge on any atom is -0.298 e. The molecule has 1 unspecified atom stereocenters. The van der Waals surface area contributed by atoms with Crippen molar-refractivity contribution in [3.05, 3.63) is 34.6 Å². The van der Waals surface area contributed by atoms with Gasteiger partial charge in [0.05, 0.1) is 12.0 Å². The molecular formula is C13H14ClFN2. The summed E-state index contributed by atoms with van der Waals surface area (Å²) < 4.78 is 13.1. The zero-order valence-corrected chi connectivity index (χ0v) is 10.3. The van der Waals surface area contributed by atoms with Gasteiger partial charge in [0.15, 0.2) is 0 Å². The van der Waals surface area contributed by atoms with Gasteiger partial charge in [0.25, 0.3) is 0 Å². The summed E-state index contributed by atoms with van der Waals surface area (Å²) in [5.74, 6) is -0.172. The predicted octanol–water partition coefficient (Wildman–Crippen LogP) is 3.21. The van der Waals surface area contributed by atoms with Gasteiger partial charge in [-0.15, -0.1) is 0 Å². The average Bonchev–Trinajstić information content (AvgIpc) is 2.34. The first-order valence-corrected chi connectivity index (χ1v) is 6.12. The number of likely N-dealkylation sites (tertiary alicyclic amines) is 1. The van der Waals surface area contributed by atoms with Crippen molar-refractivity contribution in [2.75, 3.05) is 13.1 Å². The number of rotatable bonds is 2. The van der Waals surface area contributed by atoms with Crippen molar-refractivity contribution in [3.8, 4) is 6.07 Å². The van der Waals surface area contributed by atoms with Gasteiger partial charge in [0.2, 0.25) is 0 Å². The van der Waals surface area contributed by atoms with Gasteiger partial charge >= 0.3 is 0 Å². The van der Waals surface area contributed by atoms with Gasteiger partial charge in [-0.25, -0.2) is 4.39 Å². The van der Waals surface area contributed by atoms with E-state index in [4.69, 9.17) is 16.9 Å². The van der Waals surface area contributed by atoms with Crippen molar-refractivity contribution in [2.24, 2.45) is 5.92 Å². The topological polar surface area (TPSA) is 27.0 Å². The standard InChI is InChI=1S/C13H14ClFN2/c14-13-4-3-12(15)6-11(13)9-17-5-1-2-10(7-16)8-17/h3-4,6,10H,1-2,5,8-9H2. The zero-order valence-electron chi connectivity index (χ0n) is 9.50. The Kier molecular flexibility index (Phi) is 3.98. The van der Waals surface area contributed by atoms with Gasteiger partial charge in [-0.05, 0) is 43.1 Å². The third-order valence-corrected chi connectivity index (χ3v) is 3.46. The highest BCUT2D eigenvalue weighted by Crippen LogP contribution is 2.22. The number of halogens is 2. The van der Waals surface area contributed by atoms with Crippen LogP contribution in [-0.4, -0.2) is 18.0 Å². The Morgan fingerprint density at radius 2 is 2.35 bits per heavy atom. The molecule has 1 fully saturated rings. The number of piperidine rings is 1. The fourth-order valence-electron chi connectivity index (χ4n) is 2.21. The van der Waals surface area contributed by atoms with Crippen LogP contribution in [0.3, 0.4) is 0 Å². The van der Waals surface area contributed by atoms with Gasteiger partial charge in [0.1, 0.15) is 5.82 Å². The van der Waals surface area contributed by atoms with Crippen LogP contribution in [0.5, 0.6) is 0 Å². The molecule has 4 heteroatoms. The Hall–Kier alpha value is -1.11. The molecule has 1 atom stereocenters. The van der Waals surface area contributed by atoms with Crippen LogP contribution in [0, 0.1) is 23.1 Å². The van der Waals surface area contributed by atoms with Crippen LogP contribution in [0.15, 0.2) is 18.2 Å². The molecule has 1 saturated heterocycles. The summed E-state index contributed by atoms with van der Waals surface area (Å²) in [6.07, 6.45) is 1.98. The second kappa shape index (κ2) is 5.48. The molecule has 0 spiro atoms. The van der Waals surface area contributed by atoms with E-state index in [1.165, 1.54) is 12.1 Å². The van der Waals surface area contributed by atoms with E-state index in [1.807, 2.05) is 0 Å². The highest BCUT2D eigenvalue weighted by molar-refractivity contribution is 6.31. The molecule has 2 nitrogen and oxygen atoms in total. The van der Waals surface area contributed by atoms with Crippen LogP contribution in [0.25, 0.3) is 0 Å². The second-order valence-electron chi connectivity index (χ2n) is 4.44. The van der Waals surface area contributed by atoms with Crippen molar-refractivity contribution < 1.29 is 4.39 Å². The molecule has 1 aliphatic rings. The van der Waals surface area contributed by atoms with E-state index in [0.717, 1.165) is 31.5 Å². The van der Waals surface area contributed by atoms with Gasteiger partial charge in [-0.3, -0.25) is 4.90 Å². The summed E-state index contributed by atoms with van der Waals surface area (Å²) in [6.45, 7) is 2.32. The van der Waals surface area contributed by atoms with E-state index in [1.54, 1.807) is 6.07 Å². The molecule has 0 radical (unpaired) electrons. The largest absolute Gasteiger partial charge is 0.298 e. The first-order chi connectivity index (χ1) is 8.19. The molecule has 1 heterocycles. The maximum atomic E-state index is 13.1. The Morgan fingerprint density at radius 3 is 3.12 bits per heavy atom. The third-order valence-electron chi connectivity index (χ3n) is 3.09. The fourth-order valence-corrected chi connectivity index (χ4v) is 2.39. The maximum Gasteiger partial charge on any atom is 0.123 e. The lowest BCUT2D eigenvalue weighted by molar-refractivity contribution is 0.192. The molecule has 0 saturated carbocycles. The zero-order chi connectivity index (χ0) is 12.3. The van der Waals surface area contributed by atoms with E-state index in [9.17, 15) is 4.39 Å². The average molecular weight is 253 g/mol. The minimum absolute atomic E-state index is 0.0936. The highest BCUT2D eigenvalue weighted by atomic mass is 35.5. The Balaban J connectivity index is 2.05. The summed E-state index contributed by atoms with van der Waals surface area (Å²) in [5, 5.41) is 9.50. The van der Waals surface area contributed by atoms with Crippen molar-refractivity contribution >= 4 is 11.6 Å². The molecule has 0 bridgehead atoms. The van der Waals surface area contributed by atoms with E-state index in [-0.39, 0.29) is 11.7 Å². The van der Waals surface area contributed by atoms with Crippen LogP contribution in [0.4, 0.5) is 4.39 Å². The number of nitrogens with zero attached hydrogens (tertiary/aromatic N) is 2. The number of nitriles is 1. The molecular weight excluding hydrogens is 239 g/mol. The van der Waals surface area contributed by atoms with Crippen molar-refractivity contribution in [3.63, 3.8) is 0 Å². The molecule has 0 amide bonds. The van der Waals surface area contributed by atoms with Crippen molar-refractivity contribution in [1.29, 1.82) is 5.26 Å². The molecule has 2 rings (SSSR count). The molecule has 1 aromatic rings. The van der Waals surface area contributed by atoms with Crippen LogP contribution >= 0.6 is 11.6 Å². The fraction of sp³-hybridized carbons (Fsp3) is 0.462. The Labute approximate surface area is 106 Å². The van der Waals surface area contributed by atoms with E-state index in [0.29, 0.717) is 11.6 Å².